The smallest absolute Gasteiger partial charge is 0.137 e. The molecule has 0 bridgehead atoms. The van der Waals surface area contributed by atoms with Gasteiger partial charge in [0.2, 0.25) is 0 Å². The number of nitrogens with zero attached hydrogens (tertiary/aromatic N) is 1. The summed E-state index contributed by atoms with van der Waals surface area (Å²) in [6.45, 7) is 4.00. The van der Waals surface area contributed by atoms with Crippen LogP contribution < -0.4 is 10.1 Å². The topological polar surface area (TPSA) is 34.2 Å². The molecule has 1 aromatic heterocycles. The highest BCUT2D eigenvalue weighted by Crippen LogP contribution is 2.22. The number of rotatable bonds is 5. The van der Waals surface area contributed by atoms with Crippen molar-refractivity contribution in [1.82, 2.24) is 10.3 Å². The number of pyridine rings is 1. The fourth-order valence-corrected chi connectivity index (χ4v) is 1.77. The Hall–Kier alpha value is -1.87. The summed E-state index contributed by atoms with van der Waals surface area (Å²) in [6, 6.07) is 10.5. The van der Waals surface area contributed by atoms with Crippen LogP contribution in [0.2, 0.25) is 0 Å². The summed E-state index contributed by atoms with van der Waals surface area (Å²) >= 11 is 0. The van der Waals surface area contributed by atoms with E-state index in [1.807, 2.05) is 12.3 Å². The Morgan fingerprint density at radius 2 is 1.89 bits per heavy atom. The van der Waals surface area contributed by atoms with Gasteiger partial charge in [-0.15, -0.1) is 0 Å². The van der Waals surface area contributed by atoms with E-state index in [1.165, 1.54) is 5.56 Å². The van der Waals surface area contributed by atoms with Gasteiger partial charge in [0, 0.05) is 18.3 Å². The van der Waals surface area contributed by atoms with E-state index in [4.69, 9.17) is 4.74 Å². The van der Waals surface area contributed by atoms with E-state index in [2.05, 4.69) is 41.5 Å². The highest BCUT2D eigenvalue weighted by Gasteiger charge is 2.00. The van der Waals surface area contributed by atoms with Crippen LogP contribution in [-0.4, -0.2) is 18.6 Å². The highest BCUT2D eigenvalue weighted by molar-refractivity contribution is 5.64. The average molecular weight is 242 g/mol. The lowest BCUT2D eigenvalue weighted by molar-refractivity contribution is 0.413. The van der Waals surface area contributed by atoms with E-state index in [-0.39, 0.29) is 0 Å². The number of ether oxygens (including phenoxy) is 1. The highest BCUT2D eigenvalue weighted by atomic mass is 16.5. The van der Waals surface area contributed by atoms with E-state index in [0.717, 1.165) is 30.0 Å². The summed E-state index contributed by atoms with van der Waals surface area (Å²) in [5, 5.41) is 3.31. The van der Waals surface area contributed by atoms with Gasteiger partial charge < -0.3 is 10.1 Å². The number of nitrogens with one attached hydrogen (secondary N) is 1. The van der Waals surface area contributed by atoms with E-state index in [9.17, 15) is 0 Å². The molecule has 3 heteroatoms. The Kier molecular flexibility index (Phi) is 4.31. The first-order chi connectivity index (χ1) is 8.83. The van der Waals surface area contributed by atoms with Gasteiger partial charge in [-0.2, -0.15) is 0 Å². The van der Waals surface area contributed by atoms with Crippen molar-refractivity contribution in [3.8, 4) is 16.9 Å². The van der Waals surface area contributed by atoms with Gasteiger partial charge in [-0.1, -0.05) is 31.2 Å². The molecule has 2 rings (SSSR count). The summed E-state index contributed by atoms with van der Waals surface area (Å²) in [4.78, 5) is 4.17. The molecule has 0 atom stereocenters. The second-order valence-corrected chi connectivity index (χ2v) is 4.09. The van der Waals surface area contributed by atoms with Gasteiger partial charge in [-0.05, 0) is 23.7 Å². The molecule has 0 unspecified atom stereocenters. The summed E-state index contributed by atoms with van der Waals surface area (Å²) < 4.78 is 5.18. The van der Waals surface area contributed by atoms with Crippen LogP contribution in [0.4, 0.5) is 0 Å². The molecule has 0 spiro atoms. The van der Waals surface area contributed by atoms with Crippen molar-refractivity contribution in [2.45, 2.75) is 13.5 Å². The number of aromatic nitrogens is 1. The Morgan fingerprint density at radius 1 is 1.11 bits per heavy atom. The lowest BCUT2D eigenvalue weighted by Crippen LogP contribution is -2.11. The van der Waals surface area contributed by atoms with Crippen LogP contribution in [0.1, 0.15) is 12.5 Å². The van der Waals surface area contributed by atoms with Crippen LogP contribution in [0.3, 0.4) is 0 Å². The third-order valence-electron chi connectivity index (χ3n) is 2.82. The van der Waals surface area contributed by atoms with E-state index >= 15 is 0 Å². The monoisotopic (exact) mass is 242 g/mol. The predicted octanol–water partition coefficient (Wildman–Crippen LogP) is 2.87. The summed E-state index contributed by atoms with van der Waals surface area (Å²) in [6.07, 6.45) is 3.56. The first kappa shape index (κ1) is 12.6. The van der Waals surface area contributed by atoms with Crippen LogP contribution in [0.25, 0.3) is 11.1 Å². The molecule has 0 aliphatic heterocycles. The van der Waals surface area contributed by atoms with Gasteiger partial charge in [0.1, 0.15) is 5.75 Å². The number of hydrogen-bond acceptors (Lipinski definition) is 3. The van der Waals surface area contributed by atoms with E-state index in [0.29, 0.717) is 0 Å². The standard InChI is InChI=1S/C15H18N2O/c1-3-16-9-12-4-6-13(7-5-12)14-8-15(18-2)11-17-10-14/h4-8,10-11,16H,3,9H2,1-2H3. The number of methoxy groups -OCH3 is 1. The van der Waals surface area contributed by atoms with Gasteiger partial charge in [0.05, 0.1) is 13.3 Å². The molecule has 18 heavy (non-hydrogen) atoms. The molecule has 1 N–H and O–H groups in total. The molecular weight excluding hydrogens is 224 g/mol. The minimum absolute atomic E-state index is 0.782. The molecule has 94 valence electrons. The first-order valence-corrected chi connectivity index (χ1v) is 6.12. The van der Waals surface area contributed by atoms with Crippen molar-refractivity contribution in [2.75, 3.05) is 13.7 Å². The molecule has 0 fully saturated rings. The van der Waals surface area contributed by atoms with Crippen molar-refractivity contribution in [3.63, 3.8) is 0 Å². The number of hydrogen-bond donors (Lipinski definition) is 1. The van der Waals surface area contributed by atoms with Crippen LogP contribution in [-0.2, 0) is 6.54 Å². The lowest BCUT2D eigenvalue weighted by Gasteiger charge is -2.06. The molecule has 0 saturated heterocycles. The molecule has 0 saturated carbocycles. The second kappa shape index (κ2) is 6.17. The third-order valence-corrected chi connectivity index (χ3v) is 2.82. The molecule has 2 aromatic rings. The minimum atomic E-state index is 0.782. The Bertz CT molecular complexity index is 494. The molecule has 0 aliphatic rings. The quantitative estimate of drug-likeness (QED) is 0.875. The van der Waals surface area contributed by atoms with Gasteiger partial charge in [0.25, 0.3) is 0 Å². The molecule has 1 heterocycles. The summed E-state index contributed by atoms with van der Waals surface area (Å²) in [5.74, 6) is 0.782. The lowest BCUT2D eigenvalue weighted by atomic mass is 10.1. The minimum Gasteiger partial charge on any atom is -0.495 e. The Morgan fingerprint density at radius 3 is 2.56 bits per heavy atom. The maximum Gasteiger partial charge on any atom is 0.137 e. The van der Waals surface area contributed by atoms with Crippen molar-refractivity contribution in [3.05, 3.63) is 48.3 Å². The molecule has 0 amide bonds. The zero-order valence-corrected chi connectivity index (χ0v) is 10.8. The second-order valence-electron chi connectivity index (χ2n) is 4.09. The predicted molar refractivity (Wildman–Crippen MR) is 73.6 cm³/mol. The van der Waals surface area contributed by atoms with E-state index in [1.54, 1.807) is 13.3 Å². The molecule has 0 aliphatic carbocycles. The first-order valence-electron chi connectivity index (χ1n) is 6.12. The van der Waals surface area contributed by atoms with Crippen LogP contribution in [0.5, 0.6) is 5.75 Å². The fraction of sp³-hybridized carbons (Fsp3) is 0.267. The largest absolute Gasteiger partial charge is 0.495 e. The van der Waals surface area contributed by atoms with Crippen LogP contribution in [0, 0.1) is 0 Å². The molecule has 3 nitrogen and oxygen atoms in total. The zero-order valence-electron chi connectivity index (χ0n) is 10.8. The maximum absolute atomic E-state index is 5.18. The normalized spacial score (nSPS) is 10.3. The Balaban J connectivity index is 2.17. The van der Waals surface area contributed by atoms with Gasteiger partial charge in [-0.25, -0.2) is 0 Å². The maximum atomic E-state index is 5.18. The van der Waals surface area contributed by atoms with Crippen molar-refractivity contribution >= 4 is 0 Å². The SMILES string of the molecule is CCNCc1ccc(-c2cncc(OC)c2)cc1. The van der Waals surface area contributed by atoms with Gasteiger partial charge in [0.15, 0.2) is 0 Å². The molecular formula is C15H18N2O. The molecule has 1 aromatic carbocycles. The summed E-state index contributed by atoms with van der Waals surface area (Å²) in [5.41, 5.74) is 3.52. The van der Waals surface area contributed by atoms with Gasteiger partial charge >= 0.3 is 0 Å². The fourth-order valence-electron chi connectivity index (χ4n) is 1.77. The third kappa shape index (κ3) is 3.08. The van der Waals surface area contributed by atoms with Crippen molar-refractivity contribution in [1.29, 1.82) is 0 Å². The number of benzene rings is 1. The van der Waals surface area contributed by atoms with Gasteiger partial charge in [-0.3, -0.25) is 4.98 Å². The van der Waals surface area contributed by atoms with E-state index < -0.39 is 0 Å². The Labute approximate surface area is 108 Å². The summed E-state index contributed by atoms with van der Waals surface area (Å²) in [7, 11) is 1.65. The molecule has 0 radical (unpaired) electrons. The zero-order chi connectivity index (χ0) is 12.8. The average Bonchev–Trinajstić information content (AvgIpc) is 2.46. The van der Waals surface area contributed by atoms with Crippen LogP contribution in [0.15, 0.2) is 42.7 Å². The van der Waals surface area contributed by atoms with Crippen LogP contribution >= 0.6 is 0 Å². The van der Waals surface area contributed by atoms with Crippen molar-refractivity contribution < 1.29 is 4.74 Å². The van der Waals surface area contributed by atoms with Crippen molar-refractivity contribution in [2.24, 2.45) is 0 Å².